The molecule has 1 aliphatic rings. The first-order valence-electron chi connectivity index (χ1n) is 9.75. The van der Waals surface area contributed by atoms with Gasteiger partial charge in [-0.1, -0.05) is 15.9 Å². The van der Waals surface area contributed by atoms with Crippen LogP contribution in [-0.4, -0.2) is 39.9 Å². The van der Waals surface area contributed by atoms with Gasteiger partial charge in [0, 0.05) is 39.6 Å². The van der Waals surface area contributed by atoms with Gasteiger partial charge in [-0.3, -0.25) is 5.10 Å². The van der Waals surface area contributed by atoms with Gasteiger partial charge >= 0.3 is 0 Å². The smallest absolute Gasteiger partial charge is 0.227 e. The van der Waals surface area contributed by atoms with Gasteiger partial charge < -0.3 is 15.4 Å². The molecule has 0 saturated carbocycles. The molecule has 0 spiro atoms. The zero-order valence-electron chi connectivity index (χ0n) is 15.8. The van der Waals surface area contributed by atoms with Crippen LogP contribution in [0.15, 0.2) is 47.2 Å². The zero-order valence-corrected chi connectivity index (χ0v) is 17.4. The Morgan fingerprint density at radius 3 is 3.07 bits per heavy atom. The fourth-order valence-corrected chi connectivity index (χ4v) is 4.08. The molecular weight excluding hydrogens is 432 g/mol. The molecule has 1 atom stereocenters. The van der Waals surface area contributed by atoms with E-state index in [1.54, 1.807) is 6.20 Å². The molecule has 148 valence electrons. The first kappa shape index (κ1) is 18.3. The van der Waals surface area contributed by atoms with Gasteiger partial charge in [-0.2, -0.15) is 5.10 Å². The van der Waals surface area contributed by atoms with Gasteiger partial charge in [0.05, 0.1) is 18.3 Å². The fourth-order valence-electron chi connectivity index (χ4n) is 3.66. The van der Waals surface area contributed by atoms with E-state index in [4.69, 9.17) is 9.72 Å². The Hall–Kier alpha value is -2.71. The highest BCUT2D eigenvalue weighted by Crippen LogP contribution is 2.31. The van der Waals surface area contributed by atoms with E-state index in [-0.39, 0.29) is 0 Å². The number of nitrogens with zero attached hydrogens (tertiary/aromatic N) is 3. The molecule has 3 N–H and O–H groups in total. The summed E-state index contributed by atoms with van der Waals surface area (Å²) < 4.78 is 7.12. The van der Waals surface area contributed by atoms with Crippen LogP contribution in [0.4, 0.5) is 11.6 Å². The molecule has 0 aliphatic carbocycles. The molecule has 3 heterocycles. The number of aromatic amines is 1. The lowest BCUT2D eigenvalue weighted by Crippen LogP contribution is -2.33. The summed E-state index contributed by atoms with van der Waals surface area (Å²) in [7, 11) is 0. The first-order chi connectivity index (χ1) is 14.3. The SMILES string of the molecule is Brc1ccc(OCC2CCCNC2)c2nc(Nc3ccc4cn[nH]c4c3)ncc12. The van der Waals surface area contributed by atoms with Crippen molar-refractivity contribution in [2.24, 2.45) is 5.92 Å². The predicted octanol–water partition coefficient (Wildman–Crippen LogP) is 4.39. The largest absolute Gasteiger partial charge is 0.491 e. The van der Waals surface area contributed by atoms with Gasteiger partial charge in [-0.05, 0) is 49.7 Å². The molecule has 2 aromatic heterocycles. The summed E-state index contributed by atoms with van der Waals surface area (Å²) in [5.41, 5.74) is 2.65. The second kappa shape index (κ2) is 7.96. The summed E-state index contributed by atoms with van der Waals surface area (Å²) >= 11 is 3.60. The van der Waals surface area contributed by atoms with Gasteiger partial charge in [-0.25, -0.2) is 9.97 Å². The Morgan fingerprint density at radius 2 is 2.17 bits per heavy atom. The van der Waals surface area contributed by atoms with Crippen molar-refractivity contribution in [3.05, 3.63) is 47.2 Å². The van der Waals surface area contributed by atoms with Crippen molar-refractivity contribution in [2.45, 2.75) is 12.8 Å². The van der Waals surface area contributed by atoms with Gasteiger partial charge in [-0.15, -0.1) is 0 Å². The summed E-state index contributed by atoms with van der Waals surface area (Å²) in [6.45, 7) is 2.80. The molecule has 0 bridgehead atoms. The summed E-state index contributed by atoms with van der Waals surface area (Å²) in [6, 6.07) is 9.94. The Labute approximate surface area is 176 Å². The molecule has 8 heteroatoms. The van der Waals surface area contributed by atoms with Gasteiger partial charge in [0.1, 0.15) is 11.3 Å². The zero-order chi connectivity index (χ0) is 19.6. The summed E-state index contributed by atoms with van der Waals surface area (Å²) in [6.07, 6.45) is 6.01. The number of hydrogen-bond acceptors (Lipinski definition) is 6. The lowest BCUT2D eigenvalue weighted by Gasteiger charge is -2.23. The molecule has 1 aliphatic heterocycles. The maximum absolute atomic E-state index is 6.17. The number of rotatable bonds is 5. The standard InChI is InChI=1S/C21H21BrN6O/c22-17-5-6-19(29-12-13-2-1-7-23-9-13)20-16(17)11-24-21(27-20)26-15-4-3-14-10-25-28-18(14)8-15/h3-6,8,10-11,13,23H,1-2,7,9,12H2,(H,25,28)(H,24,26,27). The van der Waals surface area contributed by atoms with E-state index in [2.05, 4.69) is 41.7 Å². The summed E-state index contributed by atoms with van der Waals surface area (Å²) in [5, 5.41) is 15.7. The maximum atomic E-state index is 6.17. The molecule has 0 amide bonds. The molecule has 2 aromatic carbocycles. The number of fused-ring (bicyclic) bond motifs is 2. The molecule has 1 fully saturated rings. The predicted molar refractivity (Wildman–Crippen MR) is 118 cm³/mol. The quantitative estimate of drug-likeness (QED) is 0.416. The van der Waals surface area contributed by atoms with E-state index in [0.717, 1.165) is 50.8 Å². The second-order valence-electron chi connectivity index (χ2n) is 7.32. The van der Waals surface area contributed by atoms with Crippen LogP contribution in [0, 0.1) is 5.92 Å². The fraction of sp³-hybridized carbons (Fsp3) is 0.286. The normalized spacial score (nSPS) is 16.9. The van der Waals surface area contributed by atoms with Crippen molar-refractivity contribution in [1.29, 1.82) is 0 Å². The average molecular weight is 453 g/mol. The van der Waals surface area contributed by atoms with E-state index in [1.165, 1.54) is 12.8 Å². The van der Waals surface area contributed by atoms with Gasteiger partial charge in [0.2, 0.25) is 5.95 Å². The highest BCUT2D eigenvalue weighted by molar-refractivity contribution is 9.10. The lowest BCUT2D eigenvalue weighted by molar-refractivity contribution is 0.220. The van der Waals surface area contributed by atoms with Gasteiger partial charge in [0.25, 0.3) is 0 Å². The third-order valence-corrected chi connectivity index (χ3v) is 5.92. The van der Waals surface area contributed by atoms with Crippen molar-refractivity contribution in [2.75, 3.05) is 25.0 Å². The second-order valence-corrected chi connectivity index (χ2v) is 8.18. The lowest BCUT2D eigenvalue weighted by atomic mass is 10.0. The number of ether oxygens (including phenoxy) is 1. The monoisotopic (exact) mass is 452 g/mol. The number of halogens is 1. The maximum Gasteiger partial charge on any atom is 0.227 e. The highest BCUT2D eigenvalue weighted by atomic mass is 79.9. The molecule has 1 unspecified atom stereocenters. The molecule has 1 saturated heterocycles. The number of anilines is 2. The summed E-state index contributed by atoms with van der Waals surface area (Å²) in [5.74, 6) is 1.84. The number of aromatic nitrogens is 4. The van der Waals surface area contributed by atoms with Crippen LogP contribution in [0.25, 0.3) is 21.8 Å². The van der Waals surface area contributed by atoms with Crippen molar-refractivity contribution in [3.8, 4) is 5.75 Å². The van der Waals surface area contributed by atoms with Crippen LogP contribution in [0.1, 0.15) is 12.8 Å². The molecule has 4 aromatic rings. The van der Waals surface area contributed by atoms with Gasteiger partial charge in [0.15, 0.2) is 0 Å². The minimum Gasteiger partial charge on any atom is -0.491 e. The number of nitrogens with one attached hydrogen (secondary N) is 3. The summed E-state index contributed by atoms with van der Waals surface area (Å²) in [4.78, 5) is 9.22. The Morgan fingerprint density at radius 1 is 1.21 bits per heavy atom. The Kier molecular flexibility index (Phi) is 5.03. The van der Waals surface area contributed by atoms with E-state index >= 15 is 0 Å². The molecule has 0 radical (unpaired) electrons. The number of benzene rings is 2. The topological polar surface area (TPSA) is 87.8 Å². The number of piperidine rings is 1. The molecule has 29 heavy (non-hydrogen) atoms. The van der Waals surface area contributed by atoms with Crippen LogP contribution in [0.5, 0.6) is 5.75 Å². The first-order valence-corrected chi connectivity index (χ1v) is 10.5. The third-order valence-electron chi connectivity index (χ3n) is 5.23. The van der Waals surface area contributed by atoms with Crippen molar-refractivity contribution >= 4 is 49.4 Å². The molecule has 7 nitrogen and oxygen atoms in total. The van der Waals surface area contributed by atoms with Crippen LogP contribution < -0.4 is 15.4 Å². The number of H-pyrrole nitrogens is 1. The Balaban J connectivity index is 1.42. The number of hydrogen-bond donors (Lipinski definition) is 3. The van der Waals surface area contributed by atoms with E-state index < -0.39 is 0 Å². The van der Waals surface area contributed by atoms with E-state index in [0.29, 0.717) is 18.5 Å². The third kappa shape index (κ3) is 3.90. The van der Waals surface area contributed by atoms with Crippen LogP contribution in [0.2, 0.25) is 0 Å². The van der Waals surface area contributed by atoms with E-state index in [9.17, 15) is 0 Å². The van der Waals surface area contributed by atoms with Crippen molar-refractivity contribution in [1.82, 2.24) is 25.5 Å². The average Bonchev–Trinajstić information content (AvgIpc) is 3.22. The van der Waals surface area contributed by atoms with Crippen molar-refractivity contribution < 1.29 is 4.74 Å². The highest BCUT2D eigenvalue weighted by Gasteiger charge is 2.16. The van der Waals surface area contributed by atoms with Crippen LogP contribution in [0.3, 0.4) is 0 Å². The molecule has 5 rings (SSSR count). The Bertz CT molecular complexity index is 1150. The minimum atomic E-state index is 0.527. The van der Waals surface area contributed by atoms with Crippen LogP contribution in [-0.2, 0) is 0 Å². The molecular formula is C21H21BrN6O. The van der Waals surface area contributed by atoms with Crippen molar-refractivity contribution in [3.63, 3.8) is 0 Å². The van der Waals surface area contributed by atoms with E-state index in [1.807, 2.05) is 36.5 Å². The van der Waals surface area contributed by atoms with Crippen LogP contribution >= 0.6 is 15.9 Å². The minimum absolute atomic E-state index is 0.527.